The Kier molecular flexibility index (Phi) is 5.00. The minimum atomic E-state index is -1.08. The number of para-hydroxylation sites is 1. The highest BCUT2D eigenvalue weighted by Gasteiger charge is 2.29. The van der Waals surface area contributed by atoms with Crippen molar-refractivity contribution in [3.63, 3.8) is 0 Å². The van der Waals surface area contributed by atoms with E-state index < -0.39 is 5.97 Å². The predicted octanol–water partition coefficient (Wildman–Crippen LogP) is 3.33. The van der Waals surface area contributed by atoms with Crippen molar-refractivity contribution in [3.8, 4) is 11.4 Å². The van der Waals surface area contributed by atoms with E-state index >= 15 is 0 Å². The van der Waals surface area contributed by atoms with Gasteiger partial charge in [0.05, 0.1) is 16.8 Å². The number of fused-ring (bicyclic) bond motifs is 1. The van der Waals surface area contributed by atoms with E-state index in [1.807, 2.05) is 49.3 Å². The van der Waals surface area contributed by atoms with Crippen LogP contribution in [0.4, 0.5) is 0 Å². The van der Waals surface area contributed by atoms with Gasteiger partial charge in [0.15, 0.2) is 11.3 Å². The number of ether oxygens (including phenoxy) is 1. The maximum atomic E-state index is 11.7. The van der Waals surface area contributed by atoms with Gasteiger partial charge in [-0.1, -0.05) is 24.6 Å². The van der Waals surface area contributed by atoms with Gasteiger partial charge in [-0.2, -0.15) is 5.10 Å². The Morgan fingerprint density at radius 2 is 2.04 bits per heavy atom. The Bertz CT molecular complexity index is 994. The van der Waals surface area contributed by atoms with E-state index in [0.29, 0.717) is 23.9 Å². The minimum absolute atomic E-state index is 0.0374. The molecule has 0 saturated heterocycles. The van der Waals surface area contributed by atoms with E-state index in [1.165, 1.54) is 12.5 Å². The van der Waals surface area contributed by atoms with Crippen molar-refractivity contribution in [3.05, 3.63) is 47.8 Å². The Morgan fingerprint density at radius 1 is 1.29 bits per heavy atom. The second kappa shape index (κ2) is 7.59. The SMILES string of the molecule is CN(C)CCOc1cc(C(=O)O)nc2c1c(C1CCC1)nn2-c1ccccc1. The monoisotopic (exact) mass is 380 g/mol. The molecule has 3 aromatic rings. The van der Waals surface area contributed by atoms with Crippen molar-refractivity contribution >= 4 is 17.0 Å². The van der Waals surface area contributed by atoms with Gasteiger partial charge in [-0.3, -0.25) is 0 Å². The molecule has 0 atom stereocenters. The third-order valence-electron chi connectivity index (χ3n) is 5.14. The normalized spacial score (nSPS) is 14.4. The van der Waals surface area contributed by atoms with Crippen LogP contribution in [-0.4, -0.2) is 58.0 Å². The number of aromatic nitrogens is 3. The van der Waals surface area contributed by atoms with Crippen molar-refractivity contribution in [2.75, 3.05) is 27.2 Å². The lowest BCUT2D eigenvalue weighted by molar-refractivity contribution is 0.0690. The first-order valence-corrected chi connectivity index (χ1v) is 9.54. The quantitative estimate of drug-likeness (QED) is 0.677. The number of hydrogen-bond acceptors (Lipinski definition) is 5. The first-order valence-electron chi connectivity index (χ1n) is 9.54. The summed E-state index contributed by atoms with van der Waals surface area (Å²) in [5.41, 5.74) is 2.30. The van der Waals surface area contributed by atoms with Crippen LogP contribution in [0, 0.1) is 0 Å². The molecule has 1 aliphatic rings. The fourth-order valence-electron chi connectivity index (χ4n) is 3.39. The van der Waals surface area contributed by atoms with Gasteiger partial charge in [0.1, 0.15) is 12.4 Å². The van der Waals surface area contributed by atoms with Gasteiger partial charge < -0.3 is 14.7 Å². The van der Waals surface area contributed by atoms with Crippen LogP contribution in [-0.2, 0) is 0 Å². The standard InChI is InChI=1S/C21H24N4O3/c1-24(2)11-12-28-17-13-16(21(26)27)22-20-18(17)19(14-7-6-8-14)23-25(20)15-9-4-3-5-10-15/h3-5,9-10,13-14H,6-8,11-12H2,1-2H3,(H,26,27). The van der Waals surface area contributed by atoms with E-state index in [2.05, 4.69) is 4.98 Å². The summed E-state index contributed by atoms with van der Waals surface area (Å²) in [6.07, 6.45) is 3.35. The third kappa shape index (κ3) is 3.45. The lowest BCUT2D eigenvalue weighted by Gasteiger charge is -2.24. The number of hydrogen-bond donors (Lipinski definition) is 1. The highest BCUT2D eigenvalue weighted by Crippen LogP contribution is 2.42. The molecule has 0 bridgehead atoms. The first kappa shape index (κ1) is 18.4. The molecule has 1 saturated carbocycles. The second-order valence-corrected chi connectivity index (χ2v) is 7.42. The number of benzene rings is 1. The van der Waals surface area contributed by atoms with Gasteiger partial charge >= 0.3 is 5.97 Å². The zero-order valence-corrected chi connectivity index (χ0v) is 16.1. The van der Waals surface area contributed by atoms with Gasteiger partial charge in [0.25, 0.3) is 0 Å². The number of pyridine rings is 1. The number of aromatic carboxylic acids is 1. The molecule has 0 radical (unpaired) electrons. The largest absolute Gasteiger partial charge is 0.491 e. The van der Waals surface area contributed by atoms with Crippen LogP contribution in [0.3, 0.4) is 0 Å². The van der Waals surface area contributed by atoms with Crippen molar-refractivity contribution in [1.29, 1.82) is 0 Å². The average Bonchev–Trinajstić information content (AvgIpc) is 3.00. The molecule has 2 heterocycles. The van der Waals surface area contributed by atoms with E-state index in [9.17, 15) is 9.90 Å². The molecule has 0 aliphatic heterocycles. The van der Waals surface area contributed by atoms with Crippen LogP contribution >= 0.6 is 0 Å². The summed E-state index contributed by atoms with van der Waals surface area (Å²) in [5.74, 6) is -0.167. The van der Waals surface area contributed by atoms with Crippen molar-refractivity contribution < 1.29 is 14.6 Å². The van der Waals surface area contributed by atoms with Gasteiger partial charge in [-0.15, -0.1) is 0 Å². The topological polar surface area (TPSA) is 80.5 Å². The summed E-state index contributed by atoms with van der Waals surface area (Å²) in [7, 11) is 3.95. The lowest BCUT2D eigenvalue weighted by Crippen LogP contribution is -2.19. The Hall–Kier alpha value is -2.93. The smallest absolute Gasteiger partial charge is 0.354 e. The van der Waals surface area contributed by atoms with E-state index in [0.717, 1.165) is 36.2 Å². The molecular weight excluding hydrogens is 356 g/mol. The Morgan fingerprint density at radius 3 is 2.64 bits per heavy atom. The van der Waals surface area contributed by atoms with Crippen LogP contribution in [0.1, 0.15) is 41.4 Å². The molecule has 0 amide bonds. The molecule has 1 N–H and O–H groups in total. The Labute approximate surface area is 163 Å². The molecule has 0 spiro atoms. The van der Waals surface area contributed by atoms with Gasteiger partial charge in [-0.05, 0) is 39.1 Å². The molecule has 28 heavy (non-hydrogen) atoms. The van der Waals surface area contributed by atoms with E-state index in [4.69, 9.17) is 9.84 Å². The lowest BCUT2D eigenvalue weighted by atomic mass is 9.82. The zero-order valence-electron chi connectivity index (χ0n) is 16.1. The molecule has 2 aromatic heterocycles. The molecule has 0 unspecified atom stereocenters. The van der Waals surface area contributed by atoms with Gasteiger partial charge in [-0.25, -0.2) is 14.5 Å². The summed E-state index contributed by atoms with van der Waals surface area (Å²) in [5, 5.41) is 15.2. The fraction of sp³-hybridized carbons (Fsp3) is 0.381. The molecule has 1 fully saturated rings. The predicted molar refractivity (Wildman–Crippen MR) is 106 cm³/mol. The molecule has 1 aromatic carbocycles. The number of carbonyl (C=O) groups is 1. The number of carboxylic acids is 1. The summed E-state index contributed by atoms with van der Waals surface area (Å²) in [6, 6.07) is 11.2. The van der Waals surface area contributed by atoms with E-state index in [-0.39, 0.29) is 5.69 Å². The average molecular weight is 380 g/mol. The van der Waals surface area contributed by atoms with Gasteiger partial charge in [0, 0.05) is 18.5 Å². The Balaban J connectivity index is 1.90. The summed E-state index contributed by atoms with van der Waals surface area (Å²) < 4.78 is 7.78. The number of nitrogens with zero attached hydrogens (tertiary/aromatic N) is 4. The van der Waals surface area contributed by atoms with Crippen molar-refractivity contribution in [2.45, 2.75) is 25.2 Å². The number of carboxylic acid groups (broad SMARTS) is 1. The van der Waals surface area contributed by atoms with Crippen LogP contribution < -0.4 is 4.74 Å². The summed E-state index contributed by atoms with van der Waals surface area (Å²) in [6.45, 7) is 1.20. The minimum Gasteiger partial charge on any atom is -0.491 e. The molecule has 4 rings (SSSR count). The summed E-state index contributed by atoms with van der Waals surface area (Å²) in [4.78, 5) is 18.1. The molecule has 7 heteroatoms. The summed E-state index contributed by atoms with van der Waals surface area (Å²) >= 11 is 0. The molecule has 146 valence electrons. The number of likely N-dealkylation sites (N-methyl/N-ethyl adjacent to an activating group) is 1. The highest BCUT2D eigenvalue weighted by atomic mass is 16.5. The highest BCUT2D eigenvalue weighted by molar-refractivity contribution is 5.94. The van der Waals surface area contributed by atoms with Crippen LogP contribution in [0.2, 0.25) is 0 Å². The molecule has 1 aliphatic carbocycles. The van der Waals surface area contributed by atoms with Crippen LogP contribution in [0.15, 0.2) is 36.4 Å². The first-order chi connectivity index (χ1) is 13.5. The third-order valence-corrected chi connectivity index (χ3v) is 5.14. The number of rotatable bonds is 7. The maximum absolute atomic E-state index is 11.7. The molecule has 7 nitrogen and oxygen atoms in total. The van der Waals surface area contributed by atoms with E-state index in [1.54, 1.807) is 4.68 Å². The second-order valence-electron chi connectivity index (χ2n) is 7.42. The fourth-order valence-corrected chi connectivity index (χ4v) is 3.39. The zero-order chi connectivity index (χ0) is 19.7. The van der Waals surface area contributed by atoms with Crippen molar-refractivity contribution in [1.82, 2.24) is 19.7 Å². The van der Waals surface area contributed by atoms with Crippen LogP contribution in [0.5, 0.6) is 5.75 Å². The van der Waals surface area contributed by atoms with Crippen LogP contribution in [0.25, 0.3) is 16.7 Å². The maximum Gasteiger partial charge on any atom is 0.354 e. The van der Waals surface area contributed by atoms with Gasteiger partial charge in [0.2, 0.25) is 0 Å². The molecular formula is C21H24N4O3. The van der Waals surface area contributed by atoms with Crippen molar-refractivity contribution in [2.24, 2.45) is 0 Å².